The second-order valence-electron chi connectivity index (χ2n) is 5.67. The van der Waals surface area contributed by atoms with Crippen molar-refractivity contribution < 1.29 is 4.74 Å². The number of aromatic nitrogens is 4. The van der Waals surface area contributed by atoms with Gasteiger partial charge in [0.1, 0.15) is 23.8 Å². The summed E-state index contributed by atoms with van der Waals surface area (Å²) in [5.41, 5.74) is 3.93. The molecule has 6 nitrogen and oxygen atoms in total. The molecule has 0 aliphatic rings. The van der Waals surface area contributed by atoms with Gasteiger partial charge in [-0.15, -0.1) is 5.10 Å². The van der Waals surface area contributed by atoms with Gasteiger partial charge >= 0.3 is 0 Å². The Bertz CT molecular complexity index is 863. The topological polar surface area (TPSA) is 64.9 Å². The van der Waals surface area contributed by atoms with E-state index >= 15 is 0 Å². The van der Waals surface area contributed by atoms with Gasteiger partial charge in [0.2, 0.25) is 5.88 Å². The van der Waals surface area contributed by atoms with Gasteiger partial charge in [0.05, 0.1) is 17.9 Å². The van der Waals surface area contributed by atoms with Crippen LogP contribution in [0.3, 0.4) is 0 Å². The molecular formula is C18H20ClN5O. The SMILES string of the molecule is Cc1ncnc(NCCOc2nn(C)c(-c3ccccc3)c2C)c1Cl. The predicted octanol–water partition coefficient (Wildman–Crippen LogP) is 3.64. The molecule has 0 spiro atoms. The quantitative estimate of drug-likeness (QED) is 0.682. The average molecular weight is 358 g/mol. The lowest BCUT2D eigenvalue weighted by molar-refractivity contribution is 0.314. The van der Waals surface area contributed by atoms with Gasteiger partial charge < -0.3 is 10.1 Å². The third kappa shape index (κ3) is 3.74. The van der Waals surface area contributed by atoms with Crippen LogP contribution in [0, 0.1) is 13.8 Å². The van der Waals surface area contributed by atoms with Crippen molar-refractivity contribution in [1.82, 2.24) is 19.7 Å². The minimum atomic E-state index is 0.450. The lowest BCUT2D eigenvalue weighted by Crippen LogP contribution is -2.13. The van der Waals surface area contributed by atoms with Crippen LogP contribution in [-0.4, -0.2) is 32.9 Å². The third-order valence-corrected chi connectivity index (χ3v) is 4.34. The predicted molar refractivity (Wildman–Crippen MR) is 99.1 cm³/mol. The second kappa shape index (κ2) is 7.53. The van der Waals surface area contributed by atoms with E-state index in [1.165, 1.54) is 6.33 Å². The van der Waals surface area contributed by atoms with Crippen LogP contribution < -0.4 is 10.1 Å². The van der Waals surface area contributed by atoms with Crippen molar-refractivity contribution in [3.63, 3.8) is 0 Å². The first-order valence-electron chi connectivity index (χ1n) is 8.00. The van der Waals surface area contributed by atoms with Crippen LogP contribution in [-0.2, 0) is 7.05 Å². The minimum Gasteiger partial charge on any atom is -0.475 e. The van der Waals surface area contributed by atoms with E-state index in [4.69, 9.17) is 16.3 Å². The van der Waals surface area contributed by atoms with E-state index < -0.39 is 0 Å². The Hall–Kier alpha value is -2.60. The van der Waals surface area contributed by atoms with Crippen molar-refractivity contribution in [2.75, 3.05) is 18.5 Å². The van der Waals surface area contributed by atoms with Crippen LogP contribution in [0.1, 0.15) is 11.3 Å². The van der Waals surface area contributed by atoms with Crippen molar-refractivity contribution in [3.8, 4) is 17.1 Å². The number of anilines is 1. The molecule has 0 atom stereocenters. The van der Waals surface area contributed by atoms with E-state index in [9.17, 15) is 0 Å². The smallest absolute Gasteiger partial charge is 0.236 e. The molecule has 3 rings (SSSR count). The van der Waals surface area contributed by atoms with Gasteiger partial charge in [-0.05, 0) is 13.8 Å². The van der Waals surface area contributed by atoms with Gasteiger partial charge in [0.15, 0.2) is 0 Å². The van der Waals surface area contributed by atoms with Crippen molar-refractivity contribution in [2.24, 2.45) is 7.05 Å². The molecule has 130 valence electrons. The molecule has 0 aliphatic carbocycles. The van der Waals surface area contributed by atoms with Gasteiger partial charge in [-0.25, -0.2) is 9.97 Å². The molecule has 3 aromatic rings. The lowest BCUT2D eigenvalue weighted by Gasteiger charge is -2.09. The normalized spacial score (nSPS) is 10.7. The number of nitrogens with one attached hydrogen (secondary N) is 1. The molecular weight excluding hydrogens is 338 g/mol. The number of rotatable bonds is 6. The van der Waals surface area contributed by atoms with Crippen molar-refractivity contribution in [2.45, 2.75) is 13.8 Å². The number of benzene rings is 1. The average Bonchev–Trinajstić information content (AvgIpc) is 2.90. The molecule has 2 aromatic heterocycles. The molecule has 0 unspecified atom stereocenters. The van der Waals surface area contributed by atoms with Gasteiger partial charge in [0, 0.05) is 18.2 Å². The number of nitrogens with zero attached hydrogens (tertiary/aromatic N) is 4. The molecule has 25 heavy (non-hydrogen) atoms. The summed E-state index contributed by atoms with van der Waals surface area (Å²) < 4.78 is 7.68. The first kappa shape index (κ1) is 17.2. The maximum absolute atomic E-state index is 6.16. The summed E-state index contributed by atoms with van der Waals surface area (Å²) >= 11 is 6.16. The van der Waals surface area contributed by atoms with Gasteiger partial charge in [-0.2, -0.15) is 0 Å². The Balaban J connectivity index is 1.64. The molecule has 0 saturated heterocycles. The zero-order chi connectivity index (χ0) is 17.8. The Labute approximate surface area is 151 Å². The Morgan fingerprint density at radius 1 is 1.16 bits per heavy atom. The number of ether oxygens (including phenoxy) is 1. The molecule has 0 fully saturated rings. The summed E-state index contributed by atoms with van der Waals surface area (Å²) in [5.74, 6) is 1.24. The Morgan fingerprint density at radius 3 is 2.68 bits per heavy atom. The van der Waals surface area contributed by atoms with Crippen LogP contribution >= 0.6 is 11.6 Å². The molecule has 0 bridgehead atoms. The molecule has 0 radical (unpaired) electrons. The molecule has 7 heteroatoms. The first-order valence-corrected chi connectivity index (χ1v) is 8.38. The van der Waals surface area contributed by atoms with E-state index in [0.29, 0.717) is 29.9 Å². The number of hydrogen-bond donors (Lipinski definition) is 1. The summed E-state index contributed by atoms with van der Waals surface area (Å²) in [4.78, 5) is 8.17. The summed E-state index contributed by atoms with van der Waals surface area (Å²) in [6.07, 6.45) is 1.49. The van der Waals surface area contributed by atoms with E-state index in [1.807, 2.05) is 43.8 Å². The van der Waals surface area contributed by atoms with E-state index in [-0.39, 0.29) is 0 Å². The van der Waals surface area contributed by atoms with Crippen LogP contribution in [0.5, 0.6) is 5.88 Å². The van der Waals surface area contributed by atoms with E-state index in [1.54, 1.807) is 0 Å². The summed E-state index contributed by atoms with van der Waals surface area (Å²) in [6, 6.07) is 10.2. The zero-order valence-electron chi connectivity index (χ0n) is 14.5. The van der Waals surface area contributed by atoms with Crippen molar-refractivity contribution in [1.29, 1.82) is 0 Å². The summed E-state index contributed by atoms with van der Waals surface area (Å²) in [5, 5.41) is 8.16. The monoisotopic (exact) mass is 357 g/mol. The molecule has 0 aliphatic heterocycles. The van der Waals surface area contributed by atoms with Crippen LogP contribution in [0.25, 0.3) is 11.3 Å². The third-order valence-electron chi connectivity index (χ3n) is 3.88. The Morgan fingerprint density at radius 2 is 1.92 bits per heavy atom. The maximum Gasteiger partial charge on any atom is 0.236 e. The standard InChI is InChI=1S/C18H20ClN5O/c1-12-16(14-7-5-4-6-8-14)24(3)23-18(12)25-10-9-20-17-15(19)13(2)21-11-22-17/h4-8,11H,9-10H2,1-3H3,(H,20,21,22). The molecule has 2 heterocycles. The molecule has 0 saturated carbocycles. The van der Waals surface area contributed by atoms with E-state index in [2.05, 4.69) is 32.5 Å². The summed E-state index contributed by atoms with van der Waals surface area (Å²) in [7, 11) is 1.92. The fourth-order valence-corrected chi connectivity index (χ4v) is 2.80. The van der Waals surface area contributed by atoms with Crippen LogP contribution in [0.15, 0.2) is 36.7 Å². The highest BCUT2D eigenvalue weighted by Gasteiger charge is 2.15. The van der Waals surface area contributed by atoms with Crippen LogP contribution in [0.4, 0.5) is 5.82 Å². The Kier molecular flexibility index (Phi) is 5.19. The molecule has 0 amide bonds. The highest BCUT2D eigenvalue weighted by atomic mass is 35.5. The number of halogens is 1. The summed E-state index contributed by atoms with van der Waals surface area (Å²) in [6.45, 7) is 4.87. The van der Waals surface area contributed by atoms with Crippen molar-refractivity contribution in [3.05, 3.63) is 52.9 Å². The largest absolute Gasteiger partial charge is 0.475 e. The highest BCUT2D eigenvalue weighted by molar-refractivity contribution is 6.33. The number of hydrogen-bond acceptors (Lipinski definition) is 5. The van der Waals surface area contributed by atoms with Gasteiger partial charge in [0.25, 0.3) is 0 Å². The van der Waals surface area contributed by atoms with Gasteiger partial charge in [-0.1, -0.05) is 41.9 Å². The first-order chi connectivity index (χ1) is 12.1. The van der Waals surface area contributed by atoms with Gasteiger partial charge in [-0.3, -0.25) is 4.68 Å². The molecule has 1 aromatic carbocycles. The lowest BCUT2D eigenvalue weighted by atomic mass is 10.1. The number of aryl methyl sites for hydroxylation is 2. The second-order valence-corrected chi connectivity index (χ2v) is 6.04. The zero-order valence-corrected chi connectivity index (χ0v) is 15.2. The fraction of sp³-hybridized carbons (Fsp3) is 0.278. The minimum absolute atomic E-state index is 0.450. The molecule has 1 N–H and O–H groups in total. The van der Waals surface area contributed by atoms with Crippen molar-refractivity contribution >= 4 is 17.4 Å². The van der Waals surface area contributed by atoms with E-state index in [0.717, 1.165) is 22.5 Å². The highest BCUT2D eigenvalue weighted by Crippen LogP contribution is 2.29. The maximum atomic E-state index is 6.16. The fourth-order valence-electron chi connectivity index (χ4n) is 2.64. The van der Waals surface area contributed by atoms with Crippen LogP contribution in [0.2, 0.25) is 5.02 Å².